The third kappa shape index (κ3) is 7.74. The first kappa shape index (κ1) is 36.7. The molecule has 4 atom stereocenters. The van der Waals surface area contributed by atoms with Crippen molar-refractivity contribution < 1.29 is 23.2 Å². The third-order valence-corrected chi connectivity index (χ3v) is 11.6. The normalized spacial score (nSPS) is 27.8. The Morgan fingerprint density at radius 3 is 2.04 bits per heavy atom. The Morgan fingerprint density at radius 2 is 1.48 bits per heavy atom. The molecular formula is C38H59F2N5O3. The van der Waals surface area contributed by atoms with Gasteiger partial charge < -0.3 is 19.6 Å². The van der Waals surface area contributed by atoms with Crippen molar-refractivity contribution in [1.29, 1.82) is 0 Å². The summed E-state index contributed by atoms with van der Waals surface area (Å²) in [4.78, 5) is 53.7. The van der Waals surface area contributed by atoms with Gasteiger partial charge in [-0.25, -0.2) is 8.78 Å². The maximum absolute atomic E-state index is 15.4. The van der Waals surface area contributed by atoms with Gasteiger partial charge in [-0.15, -0.1) is 0 Å². The SMILES string of the molecule is CN1CCN(C(=O)[C@@H]2C[C@H](N(C(=O)C(C)(C)C)C3CCC(C)(C)CC3)CN2C(=O)[C@@H]2CN(C(C)(C)C)C[C@H]2c2ccc(F)cc2F)CC1. The summed E-state index contributed by atoms with van der Waals surface area (Å²) in [5, 5.41) is 0. The second-order valence-corrected chi connectivity index (χ2v) is 17.8. The largest absolute Gasteiger partial charge is 0.338 e. The zero-order valence-corrected chi connectivity index (χ0v) is 30.8. The Labute approximate surface area is 287 Å². The second kappa shape index (κ2) is 13.6. The Hall–Kier alpha value is -2.59. The molecule has 1 aromatic rings. The maximum atomic E-state index is 15.4. The van der Waals surface area contributed by atoms with Crippen LogP contribution in [0.5, 0.6) is 0 Å². The first-order valence-electron chi connectivity index (χ1n) is 18.1. The maximum Gasteiger partial charge on any atom is 0.245 e. The average Bonchev–Trinajstić information content (AvgIpc) is 3.63. The van der Waals surface area contributed by atoms with Crippen molar-refractivity contribution in [2.75, 3.05) is 52.9 Å². The lowest BCUT2D eigenvalue weighted by atomic mass is 9.74. The number of likely N-dealkylation sites (N-methyl/N-ethyl adjacent to an activating group) is 1. The molecule has 1 aromatic carbocycles. The van der Waals surface area contributed by atoms with Gasteiger partial charge in [0.25, 0.3) is 0 Å². The number of halogens is 2. The highest BCUT2D eigenvalue weighted by molar-refractivity contribution is 5.91. The highest BCUT2D eigenvalue weighted by Crippen LogP contribution is 2.43. The van der Waals surface area contributed by atoms with Crippen molar-refractivity contribution in [3.05, 3.63) is 35.4 Å². The summed E-state index contributed by atoms with van der Waals surface area (Å²) in [5.41, 5.74) is -0.354. The van der Waals surface area contributed by atoms with Gasteiger partial charge in [0.05, 0.1) is 12.0 Å². The fraction of sp³-hybridized carbons (Fsp3) is 0.763. The van der Waals surface area contributed by atoms with E-state index in [0.29, 0.717) is 38.2 Å². The predicted molar refractivity (Wildman–Crippen MR) is 184 cm³/mol. The summed E-state index contributed by atoms with van der Waals surface area (Å²) in [6.07, 6.45) is 4.21. The number of benzene rings is 1. The average molecular weight is 672 g/mol. The first-order valence-corrected chi connectivity index (χ1v) is 18.1. The van der Waals surface area contributed by atoms with E-state index in [1.165, 1.54) is 12.1 Å². The molecule has 0 N–H and O–H groups in total. The molecule has 5 rings (SSSR count). The van der Waals surface area contributed by atoms with Crippen LogP contribution in [0.3, 0.4) is 0 Å². The van der Waals surface area contributed by atoms with Crippen LogP contribution in [-0.4, -0.2) is 119 Å². The summed E-state index contributed by atoms with van der Waals surface area (Å²) in [7, 11) is 2.04. The van der Waals surface area contributed by atoms with E-state index in [2.05, 4.69) is 49.3 Å². The molecule has 3 heterocycles. The van der Waals surface area contributed by atoms with Gasteiger partial charge in [-0.2, -0.15) is 0 Å². The van der Waals surface area contributed by atoms with E-state index in [4.69, 9.17) is 0 Å². The molecule has 10 heteroatoms. The molecule has 0 unspecified atom stereocenters. The number of rotatable bonds is 5. The molecule has 4 fully saturated rings. The molecule has 1 aliphatic carbocycles. The van der Waals surface area contributed by atoms with Crippen LogP contribution in [0.15, 0.2) is 18.2 Å². The van der Waals surface area contributed by atoms with E-state index in [9.17, 15) is 18.8 Å². The number of amides is 3. The zero-order valence-electron chi connectivity index (χ0n) is 30.8. The highest BCUT2D eigenvalue weighted by Gasteiger charge is 2.52. The lowest BCUT2D eigenvalue weighted by molar-refractivity contribution is -0.147. The van der Waals surface area contributed by atoms with Crippen molar-refractivity contribution in [3.8, 4) is 0 Å². The van der Waals surface area contributed by atoms with Crippen LogP contribution in [0.1, 0.15) is 99.0 Å². The molecule has 0 radical (unpaired) electrons. The molecule has 3 aliphatic heterocycles. The number of carbonyl (C=O) groups excluding carboxylic acids is 3. The van der Waals surface area contributed by atoms with Crippen molar-refractivity contribution in [2.45, 2.75) is 117 Å². The molecule has 4 aliphatic rings. The number of hydrogen-bond acceptors (Lipinski definition) is 5. The van der Waals surface area contributed by atoms with Crippen LogP contribution in [0, 0.1) is 28.4 Å². The predicted octanol–water partition coefficient (Wildman–Crippen LogP) is 5.37. The second-order valence-electron chi connectivity index (χ2n) is 17.8. The van der Waals surface area contributed by atoms with Gasteiger partial charge in [-0.1, -0.05) is 40.7 Å². The summed E-state index contributed by atoms with van der Waals surface area (Å²) >= 11 is 0. The summed E-state index contributed by atoms with van der Waals surface area (Å²) in [6, 6.07) is 2.66. The van der Waals surface area contributed by atoms with E-state index >= 15 is 4.39 Å². The van der Waals surface area contributed by atoms with Gasteiger partial charge in [0.1, 0.15) is 17.7 Å². The summed E-state index contributed by atoms with van der Waals surface area (Å²) in [5.74, 6) is -2.61. The number of likely N-dealkylation sites (tertiary alicyclic amines) is 2. The Kier molecular flexibility index (Phi) is 10.4. The standard InChI is InChI=1S/C38H59F2N5O3/c1-36(2,3)35(48)45(26-12-14-38(7,8)15-13-26)27-21-32(34(47)42-18-16-41(9)17-19-42)44(22-27)33(46)30-24-43(37(4,5)6)23-29(30)28-11-10-25(39)20-31(28)40/h10-11,20,26-27,29-30,32H,12-19,21-24H2,1-9H3/t27-,29-,30+,32-/m0/s1. The van der Waals surface area contributed by atoms with Crippen molar-refractivity contribution in [1.82, 2.24) is 24.5 Å². The Balaban J connectivity index is 1.51. The zero-order chi connectivity index (χ0) is 35.3. The molecule has 1 saturated carbocycles. The van der Waals surface area contributed by atoms with Gasteiger partial charge in [-0.05, 0) is 77.0 Å². The molecule has 8 nitrogen and oxygen atoms in total. The van der Waals surface area contributed by atoms with Crippen LogP contribution in [0.25, 0.3) is 0 Å². The molecule has 3 amide bonds. The monoisotopic (exact) mass is 671 g/mol. The minimum Gasteiger partial charge on any atom is -0.338 e. The fourth-order valence-corrected chi connectivity index (χ4v) is 8.34. The number of nitrogens with zero attached hydrogens (tertiary/aromatic N) is 5. The lowest BCUT2D eigenvalue weighted by Gasteiger charge is -2.45. The fourth-order valence-electron chi connectivity index (χ4n) is 8.34. The third-order valence-electron chi connectivity index (χ3n) is 11.6. The van der Waals surface area contributed by atoms with Gasteiger partial charge in [0.15, 0.2) is 0 Å². The van der Waals surface area contributed by atoms with Crippen LogP contribution in [0.4, 0.5) is 8.78 Å². The first-order chi connectivity index (χ1) is 22.3. The van der Waals surface area contributed by atoms with Crippen LogP contribution < -0.4 is 0 Å². The van der Waals surface area contributed by atoms with Crippen LogP contribution in [0.2, 0.25) is 0 Å². The smallest absolute Gasteiger partial charge is 0.245 e. The van der Waals surface area contributed by atoms with E-state index in [1.807, 2.05) is 32.7 Å². The van der Waals surface area contributed by atoms with E-state index < -0.39 is 34.9 Å². The summed E-state index contributed by atoms with van der Waals surface area (Å²) in [6.45, 7) is 20.4. The number of piperazine rings is 1. The van der Waals surface area contributed by atoms with E-state index in [1.54, 1.807) is 4.90 Å². The van der Waals surface area contributed by atoms with Crippen molar-refractivity contribution in [2.24, 2.45) is 16.7 Å². The van der Waals surface area contributed by atoms with Crippen LogP contribution in [-0.2, 0) is 14.4 Å². The number of hydrogen-bond donors (Lipinski definition) is 0. The Morgan fingerprint density at radius 1 is 0.854 bits per heavy atom. The molecule has 48 heavy (non-hydrogen) atoms. The molecule has 0 aromatic heterocycles. The molecule has 3 saturated heterocycles. The minimum atomic E-state index is -0.705. The van der Waals surface area contributed by atoms with Crippen LogP contribution >= 0.6 is 0 Å². The molecule has 0 bridgehead atoms. The lowest BCUT2D eigenvalue weighted by Crippen LogP contribution is -2.54. The van der Waals surface area contributed by atoms with E-state index in [0.717, 1.165) is 44.8 Å². The molecule has 268 valence electrons. The van der Waals surface area contributed by atoms with Gasteiger partial charge in [-0.3, -0.25) is 19.3 Å². The Bertz CT molecular complexity index is 1350. The number of carbonyl (C=O) groups is 3. The van der Waals surface area contributed by atoms with Gasteiger partial charge in [0, 0.05) is 74.8 Å². The minimum absolute atomic E-state index is 0.0492. The highest BCUT2D eigenvalue weighted by atomic mass is 19.1. The van der Waals surface area contributed by atoms with Crippen molar-refractivity contribution >= 4 is 17.7 Å². The molecular weight excluding hydrogens is 612 g/mol. The van der Waals surface area contributed by atoms with E-state index in [-0.39, 0.29) is 47.3 Å². The summed E-state index contributed by atoms with van der Waals surface area (Å²) < 4.78 is 29.4. The van der Waals surface area contributed by atoms with Gasteiger partial charge in [0.2, 0.25) is 17.7 Å². The van der Waals surface area contributed by atoms with Gasteiger partial charge >= 0.3 is 0 Å². The molecule has 0 spiro atoms. The topological polar surface area (TPSA) is 67.4 Å². The quantitative estimate of drug-likeness (QED) is 0.422. The van der Waals surface area contributed by atoms with Crippen molar-refractivity contribution in [3.63, 3.8) is 0 Å².